The Morgan fingerprint density at radius 2 is 1.30 bits per heavy atom. The van der Waals surface area contributed by atoms with E-state index < -0.39 is 58.5 Å². The zero-order valence-electron chi connectivity index (χ0n) is 40.6. The summed E-state index contributed by atoms with van der Waals surface area (Å²) in [6.45, 7) is 3.76. The Balaban J connectivity index is 0.000000218. The number of aromatic nitrogens is 5. The lowest BCUT2D eigenvalue weighted by molar-refractivity contribution is -0.118. The lowest BCUT2D eigenvalue weighted by Gasteiger charge is -2.33. The highest BCUT2D eigenvalue weighted by Crippen LogP contribution is 2.37. The quantitative estimate of drug-likeness (QED) is 0.0835. The lowest BCUT2D eigenvalue weighted by atomic mass is 9.96. The number of fused-ring (bicyclic) bond motifs is 1. The summed E-state index contributed by atoms with van der Waals surface area (Å²) >= 11 is 12.8. The number of hydrogen-bond donors (Lipinski definition) is 1. The number of rotatable bonds is 14. The molecule has 0 bridgehead atoms. The average molecular weight is 1090 g/mol. The molecule has 0 saturated heterocycles. The molecule has 2 unspecified atom stereocenters. The van der Waals surface area contributed by atoms with Crippen LogP contribution in [0.5, 0.6) is 11.5 Å². The predicted molar refractivity (Wildman–Crippen MR) is 276 cm³/mol. The molecular formula is C55H50Cl2F6N8O5. The molecule has 76 heavy (non-hydrogen) atoms. The fourth-order valence-electron chi connectivity index (χ4n) is 8.92. The summed E-state index contributed by atoms with van der Waals surface area (Å²) in [5.74, 6) is -8.14. The minimum Gasteiger partial charge on any atom is -0.495 e. The Hall–Kier alpha value is -7.90. The molecule has 7 aromatic rings. The van der Waals surface area contributed by atoms with E-state index in [1.165, 1.54) is 23.9 Å². The number of nitrogens with two attached hydrogens (primary N) is 1. The van der Waals surface area contributed by atoms with Gasteiger partial charge in [-0.1, -0.05) is 42.8 Å². The molecule has 9 rings (SSSR count). The number of amides is 2. The average Bonchev–Trinajstić information content (AvgIpc) is 3.98. The van der Waals surface area contributed by atoms with Gasteiger partial charge in [0, 0.05) is 61.6 Å². The Morgan fingerprint density at radius 3 is 1.82 bits per heavy atom. The van der Waals surface area contributed by atoms with Crippen molar-refractivity contribution in [2.75, 3.05) is 14.2 Å². The molecule has 3 aromatic heterocycles. The number of aryl methyl sites for hydroxylation is 2. The molecule has 13 nitrogen and oxygen atoms in total. The highest BCUT2D eigenvalue weighted by molar-refractivity contribution is 6.32. The summed E-state index contributed by atoms with van der Waals surface area (Å²) in [7, 11) is 3.11. The largest absolute Gasteiger partial charge is 0.495 e. The van der Waals surface area contributed by atoms with Gasteiger partial charge in [0.1, 0.15) is 17.3 Å². The van der Waals surface area contributed by atoms with Crippen molar-refractivity contribution in [3.8, 4) is 22.9 Å². The van der Waals surface area contributed by atoms with Gasteiger partial charge in [-0.05, 0) is 110 Å². The molecule has 5 heterocycles. The Bertz CT molecular complexity index is 3470. The van der Waals surface area contributed by atoms with Crippen LogP contribution in [0.2, 0.25) is 5.02 Å². The molecule has 4 aromatic carbocycles. The third kappa shape index (κ3) is 12.4. The van der Waals surface area contributed by atoms with Gasteiger partial charge >= 0.3 is 0 Å². The molecule has 0 radical (unpaired) electrons. The van der Waals surface area contributed by atoms with E-state index >= 15 is 0 Å². The number of carbonyl (C=O) groups is 2. The fraction of sp³-hybridized carbons (Fsp3) is 0.236. The first-order valence-electron chi connectivity index (χ1n) is 23.1. The van der Waals surface area contributed by atoms with E-state index in [9.17, 15) is 40.7 Å². The number of primary amides is 1. The first-order valence-corrected chi connectivity index (χ1v) is 23.9. The monoisotopic (exact) mass is 1090 g/mol. The second-order valence-corrected chi connectivity index (χ2v) is 18.6. The Morgan fingerprint density at radius 1 is 0.763 bits per heavy atom. The minimum absolute atomic E-state index is 0. The van der Waals surface area contributed by atoms with Crippen LogP contribution in [0.25, 0.3) is 11.4 Å². The number of methoxy groups -OCH3 is 2. The van der Waals surface area contributed by atoms with Crippen LogP contribution in [0.15, 0.2) is 131 Å². The highest BCUT2D eigenvalue weighted by Gasteiger charge is 2.33. The molecule has 21 heteroatoms. The smallest absolute Gasteiger partial charge is 0.254 e. The number of pyridine rings is 1. The van der Waals surface area contributed by atoms with Crippen LogP contribution in [-0.2, 0) is 22.4 Å². The standard InChI is InChI=1S/C27H24ClF3N4O3.C27H22ClF3N4O2.CH4/c1-15-12-34(14-33-15)23-4-3-16(8-24(23)38-2)7-18-9-19(28)13-35(27(18)37)22(5-6-25(32)36)17-10-20(29)26(31)21(30)11-17;1-15-12-34(14-32-15)23-4-3-16(8-24(23)37-2)7-18-9-19(28)13-35-22(5-6-25(36)33-27(18)35)17-10-20(29)26(31)21(30)11-17;/h3-4,8-14,22H,5-7H2,1-2H3,(H2,32,36);3-4,8-14,22H,5-7H2,1-2H3;1H4. The van der Waals surface area contributed by atoms with E-state index in [0.717, 1.165) is 58.2 Å². The molecule has 0 fully saturated rings. The van der Waals surface area contributed by atoms with E-state index in [1.54, 1.807) is 43.0 Å². The van der Waals surface area contributed by atoms with E-state index in [0.29, 0.717) is 34.4 Å². The molecule has 2 aliphatic rings. The van der Waals surface area contributed by atoms with Crippen molar-refractivity contribution in [2.24, 2.45) is 10.7 Å². The number of ether oxygens (including phenoxy) is 2. The van der Waals surface area contributed by atoms with Crippen molar-refractivity contribution in [3.63, 3.8) is 0 Å². The zero-order valence-corrected chi connectivity index (χ0v) is 42.1. The van der Waals surface area contributed by atoms with Crippen molar-refractivity contribution in [1.82, 2.24) is 28.6 Å². The fourth-order valence-corrected chi connectivity index (χ4v) is 9.40. The van der Waals surface area contributed by atoms with Gasteiger partial charge in [0.05, 0.1) is 71.8 Å². The summed E-state index contributed by atoms with van der Waals surface area (Å²) in [4.78, 5) is 52.0. The van der Waals surface area contributed by atoms with Crippen LogP contribution < -0.4 is 20.8 Å². The van der Waals surface area contributed by atoms with Crippen LogP contribution in [0, 0.1) is 48.8 Å². The topological polar surface area (TPSA) is 152 Å². The summed E-state index contributed by atoms with van der Waals surface area (Å²) in [6, 6.07) is 14.4. The summed E-state index contributed by atoms with van der Waals surface area (Å²) in [5, 5.41) is 0.540. The van der Waals surface area contributed by atoms with E-state index in [4.69, 9.17) is 38.4 Å². The molecule has 0 spiro atoms. The van der Waals surface area contributed by atoms with Gasteiger partial charge in [0.2, 0.25) is 11.8 Å². The molecule has 2 N–H and O–H groups in total. The van der Waals surface area contributed by atoms with Gasteiger partial charge in [-0.3, -0.25) is 14.4 Å². The van der Waals surface area contributed by atoms with Gasteiger partial charge < -0.3 is 33.8 Å². The number of allylic oxidation sites excluding steroid dienone is 2. The number of hydrogen-bond acceptors (Lipinski definition) is 8. The van der Waals surface area contributed by atoms with Crippen molar-refractivity contribution in [1.29, 1.82) is 0 Å². The van der Waals surface area contributed by atoms with Gasteiger partial charge in [0.15, 0.2) is 34.9 Å². The van der Waals surface area contributed by atoms with Crippen LogP contribution in [0.4, 0.5) is 26.3 Å². The highest BCUT2D eigenvalue weighted by atomic mass is 35.5. The maximum Gasteiger partial charge on any atom is 0.254 e. The molecule has 0 saturated carbocycles. The Kier molecular flexibility index (Phi) is 17.5. The second kappa shape index (κ2) is 23.8. The molecule has 0 aliphatic carbocycles. The third-order valence-corrected chi connectivity index (χ3v) is 12.8. The van der Waals surface area contributed by atoms with Gasteiger partial charge in [0.25, 0.3) is 5.56 Å². The number of carbonyl (C=O) groups excluding carboxylic acids is 2. The lowest BCUT2D eigenvalue weighted by Crippen LogP contribution is -2.33. The minimum atomic E-state index is -1.63. The van der Waals surface area contributed by atoms with E-state index in [2.05, 4.69) is 15.0 Å². The second-order valence-electron chi connectivity index (χ2n) is 17.7. The Labute approximate surface area is 443 Å². The van der Waals surface area contributed by atoms with Crippen LogP contribution >= 0.6 is 23.2 Å². The van der Waals surface area contributed by atoms with Crippen molar-refractivity contribution < 1.29 is 45.4 Å². The molecular weight excluding hydrogens is 1040 g/mol. The summed E-state index contributed by atoms with van der Waals surface area (Å²) in [5.41, 5.74) is 10.7. The molecule has 2 amide bonds. The predicted octanol–water partition coefficient (Wildman–Crippen LogP) is 11.4. The normalized spacial score (nSPS) is 14.5. The third-order valence-electron chi connectivity index (χ3n) is 12.4. The van der Waals surface area contributed by atoms with Crippen LogP contribution in [-0.4, -0.2) is 60.4 Å². The van der Waals surface area contributed by atoms with Gasteiger partial charge in [-0.2, -0.15) is 4.99 Å². The SMILES string of the molecule is C.COc1cc(CC2=CC(Cl)=CN3C2=NC(=O)CCC3c2cc(F)c(F)c(F)c2)ccc1-n1cnc(C)c1.COc1cc(Cc2cc(Cl)cn(C(CCC(N)=O)c3cc(F)c(F)c(F)c3)c2=O)ccc1-n1cnc(C)c1. The summed E-state index contributed by atoms with van der Waals surface area (Å²) in [6.07, 6.45) is 12.2. The number of benzene rings is 4. The van der Waals surface area contributed by atoms with Crippen molar-refractivity contribution in [3.05, 3.63) is 210 Å². The van der Waals surface area contributed by atoms with Crippen molar-refractivity contribution in [2.45, 2.75) is 71.9 Å². The van der Waals surface area contributed by atoms with Gasteiger partial charge in [-0.25, -0.2) is 36.3 Å². The number of imidazole rings is 2. The van der Waals surface area contributed by atoms with Crippen LogP contribution in [0.3, 0.4) is 0 Å². The van der Waals surface area contributed by atoms with E-state index in [-0.39, 0.29) is 67.2 Å². The number of nitrogens with zero attached hydrogens (tertiary/aromatic N) is 7. The molecule has 2 aliphatic heterocycles. The first kappa shape index (κ1) is 55.8. The van der Waals surface area contributed by atoms with Crippen LogP contribution in [0.1, 0.15) is 84.4 Å². The number of halogens is 8. The molecule has 2 atom stereocenters. The van der Waals surface area contributed by atoms with Gasteiger partial charge in [-0.15, -0.1) is 0 Å². The first-order chi connectivity index (χ1) is 35.8. The molecule has 396 valence electrons. The van der Waals surface area contributed by atoms with Crippen molar-refractivity contribution >= 4 is 40.9 Å². The maximum atomic E-state index is 14.1. The maximum absolute atomic E-state index is 14.1. The number of amidine groups is 1. The van der Waals surface area contributed by atoms with E-state index in [1.807, 2.05) is 65.7 Å². The number of aliphatic imine (C=N–C) groups is 1. The summed E-state index contributed by atoms with van der Waals surface area (Å²) < 4.78 is 99.5. The zero-order chi connectivity index (χ0) is 53.8.